The van der Waals surface area contributed by atoms with Crippen LogP contribution in [-0.2, 0) is 17.8 Å². The first-order chi connectivity index (χ1) is 17.9. The van der Waals surface area contributed by atoms with Gasteiger partial charge in [-0.15, -0.1) is 0 Å². The number of benzene rings is 2. The summed E-state index contributed by atoms with van der Waals surface area (Å²) in [5, 5.41) is 13.0. The summed E-state index contributed by atoms with van der Waals surface area (Å²) in [7, 11) is 0. The van der Waals surface area contributed by atoms with Gasteiger partial charge in [0.25, 0.3) is 5.91 Å². The van der Waals surface area contributed by atoms with E-state index in [1.807, 2.05) is 6.07 Å². The van der Waals surface area contributed by atoms with Crippen LogP contribution in [0.1, 0.15) is 32.0 Å². The van der Waals surface area contributed by atoms with Crippen LogP contribution in [-0.4, -0.2) is 43.8 Å². The second-order valence-corrected chi connectivity index (χ2v) is 9.02. The number of fused-ring (bicyclic) bond motifs is 1. The first-order valence-corrected chi connectivity index (χ1v) is 11.9. The number of rotatable bonds is 6. The summed E-state index contributed by atoms with van der Waals surface area (Å²) in [4.78, 5) is 49.0. The molecule has 4 aromatic rings. The van der Waals surface area contributed by atoms with Crippen molar-refractivity contribution in [3.05, 3.63) is 113 Å². The number of aromatic nitrogens is 2. The number of anilines is 1. The number of carbonyl (C=O) groups is 3. The Morgan fingerprint density at radius 1 is 1.00 bits per heavy atom. The number of halogens is 1. The van der Waals surface area contributed by atoms with Gasteiger partial charge in [-0.3, -0.25) is 19.6 Å². The SMILES string of the molecule is O=C(O)c1ccc(CN2C(=O)c3ccc(Cl)cc3NC(=O)C2Cc2ccccn2)cc1-c1cccnc1. The van der Waals surface area contributed by atoms with Crippen molar-refractivity contribution < 1.29 is 19.5 Å². The molecule has 2 aromatic carbocycles. The fourth-order valence-corrected chi connectivity index (χ4v) is 4.57. The maximum atomic E-state index is 13.8. The third-order valence-corrected chi connectivity index (χ3v) is 6.41. The molecule has 0 radical (unpaired) electrons. The number of nitrogens with zero attached hydrogens (tertiary/aromatic N) is 3. The van der Waals surface area contributed by atoms with Crippen molar-refractivity contribution in [1.82, 2.24) is 14.9 Å². The van der Waals surface area contributed by atoms with E-state index in [1.54, 1.807) is 73.2 Å². The lowest BCUT2D eigenvalue weighted by molar-refractivity contribution is -0.120. The molecule has 184 valence electrons. The molecule has 1 atom stereocenters. The van der Waals surface area contributed by atoms with Gasteiger partial charge in [-0.05, 0) is 59.7 Å². The Labute approximate surface area is 217 Å². The van der Waals surface area contributed by atoms with Crippen molar-refractivity contribution in [3.63, 3.8) is 0 Å². The molecule has 0 aliphatic carbocycles. The van der Waals surface area contributed by atoms with Crippen LogP contribution in [0.15, 0.2) is 85.3 Å². The second-order valence-electron chi connectivity index (χ2n) is 8.58. The van der Waals surface area contributed by atoms with Gasteiger partial charge in [-0.25, -0.2) is 4.79 Å². The Kier molecular flexibility index (Phi) is 6.66. The molecule has 1 aliphatic heterocycles. The number of carboxylic acids is 1. The molecular weight excluding hydrogens is 492 g/mol. The molecule has 0 spiro atoms. The van der Waals surface area contributed by atoms with Crippen molar-refractivity contribution in [2.75, 3.05) is 5.32 Å². The molecule has 2 aromatic heterocycles. The molecule has 0 saturated heterocycles. The predicted octanol–water partition coefficient (Wildman–Crippen LogP) is 4.70. The van der Waals surface area contributed by atoms with Gasteiger partial charge in [0.05, 0.1) is 16.8 Å². The van der Waals surface area contributed by atoms with E-state index in [4.69, 9.17) is 11.6 Å². The average Bonchev–Trinajstić information content (AvgIpc) is 2.99. The van der Waals surface area contributed by atoms with Crippen molar-refractivity contribution in [2.24, 2.45) is 0 Å². The third-order valence-electron chi connectivity index (χ3n) is 6.18. The average molecular weight is 513 g/mol. The van der Waals surface area contributed by atoms with Gasteiger partial charge in [-0.1, -0.05) is 29.8 Å². The highest BCUT2D eigenvalue weighted by molar-refractivity contribution is 6.31. The summed E-state index contributed by atoms with van der Waals surface area (Å²) in [5.41, 5.74) is 3.19. The largest absolute Gasteiger partial charge is 0.478 e. The standard InChI is InChI=1S/C28H21ClN4O4/c29-19-7-9-22-24(13-19)32-26(34)25(14-20-5-1-2-11-31-20)33(27(22)35)16-17-6-8-21(28(36)37)23(12-17)18-4-3-10-30-15-18/h1-13,15,25H,14,16H2,(H,32,34)(H,36,37). The van der Waals surface area contributed by atoms with Crippen LogP contribution < -0.4 is 5.32 Å². The van der Waals surface area contributed by atoms with Crippen molar-refractivity contribution in [1.29, 1.82) is 0 Å². The van der Waals surface area contributed by atoms with Gasteiger partial charge < -0.3 is 15.3 Å². The maximum absolute atomic E-state index is 13.8. The van der Waals surface area contributed by atoms with Crippen LogP contribution in [0.4, 0.5) is 5.69 Å². The van der Waals surface area contributed by atoms with Crippen molar-refractivity contribution in [2.45, 2.75) is 19.0 Å². The summed E-state index contributed by atoms with van der Waals surface area (Å²) in [6.45, 7) is 0.0684. The summed E-state index contributed by atoms with van der Waals surface area (Å²) in [5.74, 6) is -1.79. The van der Waals surface area contributed by atoms with Gasteiger partial charge >= 0.3 is 5.97 Å². The van der Waals surface area contributed by atoms with Crippen LogP contribution in [0.3, 0.4) is 0 Å². The van der Waals surface area contributed by atoms with E-state index in [2.05, 4.69) is 15.3 Å². The summed E-state index contributed by atoms with van der Waals surface area (Å²) < 4.78 is 0. The molecule has 0 fully saturated rings. The molecule has 1 unspecified atom stereocenters. The minimum atomic E-state index is -1.07. The number of amides is 2. The van der Waals surface area contributed by atoms with E-state index in [0.29, 0.717) is 38.7 Å². The molecule has 0 saturated carbocycles. The minimum absolute atomic E-state index is 0.0684. The van der Waals surface area contributed by atoms with Crippen LogP contribution in [0.25, 0.3) is 11.1 Å². The zero-order valence-corrected chi connectivity index (χ0v) is 20.2. The topological polar surface area (TPSA) is 112 Å². The second kappa shape index (κ2) is 10.2. The molecular formula is C28H21ClN4O4. The van der Waals surface area contributed by atoms with Gasteiger partial charge in [-0.2, -0.15) is 0 Å². The zero-order chi connectivity index (χ0) is 25.9. The summed E-state index contributed by atoms with van der Waals surface area (Å²) in [6, 6.07) is 17.6. The number of aromatic carboxylic acids is 1. The van der Waals surface area contributed by atoms with E-state index in [9.17, 15) is 19.5 Å². The summed E-state index contributed by atoms with van der Waals surface area (Å²) in [6.07, 6.45) is 5.02. The molecule has 0 bridgehead atoms. The van der Waals surface area contributed by atoms with E-state index >= 15 is 0 Å². The van der Waals surface area contributed by atoms with Crippen LogP contribution in [0.5, 0.6) is 0 Å². The Hall–Kier alpha value is -4.56. The van der Waals surface area contributed by atoms with Gasteiger partial charge in [0.15, 0.2) is 0 Å². The molecule has 2 N–H and O–H groups in total. The fourth-order valence-electron chi connectivity index (χ4n) is 4.40. The number of pyridine rings is 2. The number of hydrogen-bond acceptors (Lipinski definition) is 5. The minimum Gasteiger partial charge on any atom is -0.478 e. The Bertz CT molecular complexity index is 1500. The van der Waals surface area contributed by atoms with E-state index in [1.165, 1.54) is 11.0 Å². The third kappa shape index (κ3) is 5.05. The first kappa shape index (κ1) is 24.1. The van der Waals surface area contributed by atoms with E-state index in [0.717, 1.165) is 0 Å². The monoisotopic (exact) mass is 512 g/mol. The van der Waals surface area contributed by atoms with Crippen molar-refractivity contribution >= 4 is 35.1 Å². The normalized spacial score (nSPS) is 15.1. The highest BCUT2D eigenvalue weighted by Gasteiger charge is 2.36. The quantitative estimate of drug-likeness (QED) is 0.387. The van der Waals surface area contributed by atoms with E-state index in [-0.39, 0.29) is 30.3 Å². The number of carboxylic acid groups (broad SMARTS) is 1. The Balaban J connectivity index is 1.58. The first-order valence-electron chi connectivity index (χ1n) is 11.5. The van der Waals surface area contributed by atoms with Crippen LogP contribution in [0, 0.1) is 0 Å². The van der Waals surface area contributed by atoms with Crippen molar-refractivity contribution in [3.8, 4) is 11.1 Å². The molecule has 9 heteroatoms. The van der Waals surface area contributed by atoms with Crippen LogP contribution in [0.2, 0.25) is 5.02 Å². The van der Waals surface area contributed by atoms with Gasteiger partial charge in [0.1, 0.15) is 6.04 Å². The fraction of sp³-hybridized carbons (Fsp3) is 0.107. The molecule has 37 heavy (non-hydrogen) atoms. The maximum Gasteiger partial charge on any atom is 0.336 e. The molecule has 8 nitrogen and oxygen atoms in total. The lowest BCUT2D eigenvalue weighted by atomic mass is 9.97. The van der Waals surface area contributed by atoms with Gasteiger partial charge in [0.2, 0.25) is 5.91 Å². The Morgan fingerprint density at radius 3 is 2.59 bits per heavy atom. The lowest BCUT2D eigenvalue weighted by Gasteiger charge is -2.29. The highest BCUT2D eigenvalue weighted by Crippen LogP contribution is 2.30. The number of nitrogens with one attached hydrogen (secondary N) is 1. The zero-order valence-electron chi connectivity index (χ0n) is 19.5. The molecule has 3 heterocycles. The smallest absolute Gasteiger partial charge is 0.336 e. The molecule has 1 aliphatic rings. The Morgan fingerprint density at radius 2 is 1.86 bits per heavy atom. The number of carbonyl (C=O) groups excluding carboxylic acids is 2. The van der Waals surface area contributed by atoms with Gasteiger partial charge in [0, 0.05) is 47.8 Å². The number of hydrogen-bond donors (Lipinski definition) is 2. The van der Waals surface area contributed by atoms with E-state index < -0.39 is 12.0 Å². The highest BCUT2D eigenvalue weighted by atomic mass is 35.5. The summed E-state index contributed by atoms with van der Waals surface area (Å²) >= 11 is 6.13. The molecule has 2 amide bonds. The lowest BCUT2D eigenvalue weighted by Crippen LogP contribution is -2.46. The predicted molar refractivity (Wildman–Crippen MR) is 138 cm³/mol. The van der Waals surface area contributed by atoms with Crippen LogP contribution >= 0.6 is 11.6 Å². The molecule has 5 rings (SSSR count).